The normalized spacial score (nSPS) is 20.8. The Morgan fingerprint density at radius 3 is 2.38 bits per heavy atom. The molecule has 1 aromatic carbocycles. The molecule has 1 aliphatic carbocycles. The highest BCUT2D eigenvalue weighted by atomic mass is 79.9. The number of carbonyl (C=O) groups excluding carboxylic acids is 1. The fourth-order valence-corrected chi connectivity index (χ4v) is 2.36. The average Bonchev–Trinajstić information content (AvgIpc) is 2.13. The first-order valence-electron chi connectivity index (χ1n) is 4.79. The van der Waals surface area contributed by atoms with Crippen molar-refractivity contribution in [2.24, 2.45) is 0 Å². The third kappa shape index (κ3) is 2.00. The molecule has 0 radical (unpaired) electrons. The van der Waals surface area contributed by atoms with E-state index in [0.29, 0.717) is 12.0 Å². The van der Waals surface area contributed by atoms with E-state index in [0.717, 1.165) is 12.5 Å². The number of hydrogen-bond acceptors (Lipinski definition) is 1. The van der Waals surface area contributed by atoms with Gasteiger partial charge in [-0.25, -0.2) is 0 Å². The Morgan fingerprint density at radius 2 is 2.00 bits per heavy atom. The Hall–Kier alpha value is -0.840. The number of benzene rings is 1. The van der Waals surface area contributed by atoms with Gasteiger partial charge in [-0.2, -0.15) is 13.2 Å². The van der Waals surface area contributed by atoms with Gasteiger partial charge in [-0.3, -0.25) is 4.79 Å². The van der Waals surface area contributed by atoms with Gasteiger partial charge < -0.3 is 0 Å². The van der Waals surface area contributed by atoms with E-state index in [-0.39, 0.29) is 16.2 Å². The Bertz CT molecular complexity index is 439. The summed E-state index contributed by atoms with van der Waals surface area (Å²) in [6.07, 6.45) is -3.10. The summed E-state index contributed by atoms with van der Waals surface area (Å²) >= 11 is 2.89. The molecule has 1 aromatic rings. The van der Waals surface area contributed by atoms with Crippen LogP contribution in [0.15, 0.2) is 22.7 Å². The number of Topliss-reactive ketones (excluding diaryl/α,β-unsaturated/α-hetero) is 1. The Labute approximate surface area is 98.8 Å². The quantitative estimate of drug-likeness (QED) is 0.767. The number of carbonyl (C=O) groups is 1. The van der Waals surface area contributed by atoms with E-state index < -0.39 is 11.7 Å². The van der Waals surface area contributed by atoms with Crippen molar-refractivity contribution in [1.82, 2.24) is 0 Å². The van der Waals surface area contributed by atoms with Crippen LogP contribution in [0.5, 0.6) is 0 Å². The standard InChI is InChI=1S/C11H8BrF3O/c12-9-5-6(7-2-4-10(7)16)1-3-8(9)11(13,14)15/h1,3,5,7H,2,4H2. The SMILES string of the molecule is O=C1CCC1c1ccc(C(F)(F)F)c(Br)c1. The lowest BCUT2D eigenvalue weighted by molar-refractivity contribution is -0.138. The fourth-order valence-electron chi connectivity index (χ4n) is 1.74. The zero-order valence-corrected chi connectivity index (χ0v) is 9.73. The van der Waals surface area contributed by atoms with Crippen molar-refractivity contribution in [2.75, 3.05) is 0 Å². The van der Waals surface area contributed by atoms with Gasteiger partial charge in [0.25, 0.3) is 0 Å². The topological polar surface area (TPSA) is 17.1 Å². The smallest absolute Gasteiger partial charge is 0.299 e. The van der Waals surface area contributed by atoms with Gasteiger partial charge in [0.1, 0.15) is 5.78 Å². The summed E-state index contributed by atoms with van der Waals surface area (Å²) in [5, 5.41) is 0. The molecule has 2 rings (SSSR count). The van der Waals surface area contributed by atoms with Gasteiger partial charge in [-0.05, 0) is 24.1 Å². The molecule has 16 heavy (non-hydrogen) atoms. The Balaban J connectivity index is 2.33. The molecule has 0 aliphatic heterocycles. The lowest BCUT2D eigenvalue weighted by Crippen LogP contribution is -2.23. The largest absolute Gasteiger partial charge is 0.417 e. The second-order valence-corrected chi connectivity index (χ2v) is 4.65. The maximum Gasteiger partial charge on any atom is 0.417 e. The van der Waals surface area contributed by atoms with Crippen molar-refractivity contribution >= 4 is 21.7 Å². The molecule has 1 nitrogen and oxygen atoms in total. The van der Waals surface area contributed by atoms with Crippen LogP contribution in [-0.2, 0) is 11.0 Å². The van der Waals surface area contributed by atoms with E-state index >= 15 is 0 Å². The minimum absolute atomic E-state index is 0.00259. The minimum Gasteiger partial charge on any atom is -0.299 e. The Kier molecular flexibility index (Phi) is 2.82. The monoisotopic (exact) mass is 292 g/mol. The summed E-state index contributed by atoms with van der Waals surface area (Å²) in [5.74, 6) is -0.106. The molecule has 0 N–H and O–H groups in total. The second-order valence-electron chi connectivity index (χ2n) is 3.79. The van der Waals surface area contributed by atoms with E-state index in [9.17, 15) is 18.0 Å². The summed E-state index contributed by atoms with van der Waals surface area (Å²) < 4.78 is 37.4. The van der Waals surface area contributed by atoms with Crippen LogP contribution in [0.1, 0.15) is 29.9 Å². The van der Waals surface area contributed by atoms with Gasteiger partial charge in [0.15, 0.2) is 0 Å². The summed E-state index contributed by atoms with van der Waals surface area (Å²) in [6.45, 7) is 0. The lowest BCUT2D eigenvalue weighted by atomic mass is 9.78. The molecule has 1 fully saturated rings. The van der Waals surface area contributed by atoms with Crippen molar-refractivity contribution in [1.29, 1.82) is 0 Å². The van der Waals surface area contributed by atoms with Crippen molar-refractivity contribution < 1.29 is 18.0 Å². The number of rotatable bonds is 1. The molecule has 0 heterocycles. The van der Waals surface area contributed by atoms with Crippen molar-refractivity contribution in [2.45, 2.75) is 24.9 Å². The second kappa shape index (κ2) is 3.87. The van der Waals surface area contributed by atoms with E-state index in [2.05, 4.69) is 15.9 Å². The van der Waals surface area contributed by atoms with Crippen molar-refractivity contribution in [3.63, 3.8) is 0 Å². The number of ketones is 1. The predicted molar refractivity (Wildman–Crippen MR) is 56.1 cm³/mol. The van der Waals surface area contributed by atoms with E-state index in [1.807, 2.05) is 0 Å². The van der Waals surface area contributed by atoms with E-state index in [4.69, 9.17) is 0 Å². The molecule has 1 saturated carbocycles. The molecule has 1 unspecified atom stereocenters. The van der Waals surface area contributed by atoms with Gasteiger partial charge >= 0.3 is 6.18 Å². The maximum absolute atomic E-state index is 12.5. The molecule has 5 heteroatoms. The first-order chi connectivity index (χ1) is 7.39. The minimum atomic E-state index is -4.36. The average molecular weight is 293 g/mol. The Morgan fingerprint density at radius 1 is 1.31 bits per heavy atom. The number of hydrogen-bond donors (Lipinski definition) is 0. The summed E-state index contributed by atoms with van der Waals surface area (Å²) in [6, 6.07) is 3.80. The highest BCUT2D eigenvalue weighted by Crippen LogP contribution is 2.39. The molecule has 0 spiro atoms. The molecule has 0 bridgehead atoms. The van der Waals surface area contributed by atoms with Crippen LogP contribution in [0.4, 0.5) is 13.2 Å². The maximum atomic E-state index is 12.5. The van der Waals surface area contributed by atoms with Gasteiger partial charge in [-0.1, -0.05) is 22.0 Å². The first-order valence-corrected chi connectivity index (χ1v) is 5.58. The van der Waals surface area contributed by atoms with Gasteiger partial charge in [0, 0.05) is 16.8 Å². The summed E-state index contributed by atoms with van der Waals surface area (Å²) in [5.41, 5.74) is -0.0425. The molecule has 0 amide bonds. The van der Waals surface area contributed by atoms with E-state index in [1.54, 1.807) is 0 Å². The van der Waals surface area contributed by atoms with Crippen LogP contribution in [0.3, 0.4) is 0 Å². The van der Waals surface area contributed by atoms with Crippen LogP contribution in [0.25, 0.3) is 0 Å². The van der Waals surface area contributed by atoms with Gasteiger partial charge in [0.05, 0.1) is 5.56 Å². The molecule has 0 saturated heterocycles. The van der Waals surface area contributed by atoms with Gasteiger partial charge in [-0.15, -0.1) is 0 Å². The van der Waals surface area contributed by atoms with Crippen LogP contribution >= 0.6 is 15.9 Å². The summed E-state index contributed by atoms with van der Waals surface area (Å²) in [7, 11) is 0. The molecular formula is C11H8BrF3O. The van der Waals surface area contributed by atoms with Crippen LogP contribution < -0.4 is 0 Å². The zero-order chi connectivity index (χ0) is 11.9. The highest BCUT2D eigenvalue weighted by molar-refractivity contribution is 9.10. The first kappa shape index (κ1) is 11.6. The van der Waals surface area contributed by atoms with Gasteiger partial charge in [0.2, 0.25) is 0 Å². The fraction of sp³-hybridized carbons (Fsp3) is 0.364. The molecule has 86 valence electrons. The van der Waals surface area contributed by atoms with Crippen LogP contribution in [-0.4, -0.2) is 5.78 Å². The molecule has 1 atom stereocenters. The predicted octanol–water partition coefficient (Wildman–Crippen LogP) is 3.91. The molecule has 1 aliphatic rings. The molecule has 0 aromatic heterocycles. The van der Waals surface area contributed by atoms with E-state index in [1.165, 1.54) is 12.1 Å². The summed E-state index contributed by atoms with van der Waals surface area (Å²) in [4.78, 5) is 11.2. The van der Waals surface area contributed by atoms with Crippen LogP contribution in [0.2, 0.25) is 0 Å². The molecular weight excluding hydrogens is 285 g/mol. The van der Waals surface area contributed by atoms with Crippen LogP contribution in [0, 0.1) is 0 Å². The zero-order valence-electron chi connectivity index (χ0n) is 8.14. The third-order valence-corrected chi connectivity index (χ3v) is 3.43. The van der Waals surface area contributed by atoms with Crippen molar-refractivity contribution in [3.8, 4) is 0 Å². The lowest BCUT2D eigenvalue weighted by Gasteiger charge is -2.24. The number of alkyl halides is 3. The van der Waals surface area contributed by atoms with Crippen molar-refractivity contribution in [3.05, 3.63) is 33.8 Å². The third-order valence-electron chi connectivity index (χ3n) is 2.77. The highest BCUT2D eigenvalue weighted by Gasteiger charge is 2.35. The number of halogens is 4.